The number of hydrogen-bond acceptors (Lipinski definition) is 4. The Kier molecular flexibility index (Phi) is 7.82. The van der Waals surface area contributed by atoms with E-state index in [1.54, 1.807) is 37.3 Å². The van der Waals surface area contributed by atoms with Crippen molar-refractivity contribution in [3.05, 3.63) is 53.6 Å². The minimum Gasteiger partial charge on any atom is -0.490 e. The van der Waals surface area contributed by atoms with Gasteiger partial charge in [0.1, 0.15) is 12.4 Å². The Bertz CT molecular complexity index is 790. The molecule has 0 unspecified atom stereocenters. The van der Waals surface area contributed by atoms with Crippen LogP contribution in [0.25, 0.3) is 0 Å². The van der Waals surface area contributed by atoms with Crippen LogP contribution in [0.1, 0.15) is 36.2 Å². The first-order valence-corrected chi connectivity index (χ1v) is 9.07. The topological polar surface area (TPSA) is 76.7 Å². The monoisotopic (exact) mass is 370 g/mol. The van der Waals surface area contributed by atoms with Gasteiger partial charge in [-0.15, -0.1) is 0 Å². The Labute approximate surface area is 159 Å². The SMILES string of the molecule is CCOCCOc1ccccc1C(=O)Nc1cccc(NC(=O)CC)c1C. The quantitative estimate of drug-likeness (QED) is 0.654. The van der Waals surface area contributed by atoms with Crippen LogP contribution in [0.15, 0.2) is 42.5 Å². The summed E-state index contributed by atoms with van der Waals surface area (Å²) in [7, 11) is 0. The summed E-state index contributed by atoms with van der Waals surface area (Å²) in [6.07, 6.45) is 0.391. The lowest BCUT2D eigenvalue weighted by atomic mass is 10.1. The van der Waals surface area contributed by atoms with Crippen LogP contribution in [0.2, 0.25) is 0 Å². The van der Waals surface area contributed by atoms with Crippen LogP contribution in [-0.2, 0) is 9.53 Å². The highest BCUT2D eigenvalue weighted by Gasteiger charge is 2.14. The fourth-order valence-corrected chi connectivity index (χ4v) is 2.47. The number of ether oxygens (including phenoxy) is 2. The molecule has 0 aromatic heterocycles. The third kappa shape index (κ3) is 5.82. The molecule has 0 atom stereocenters. The minimum atomic E-state index is -0.274. The molecule has 0 saturated heterocycles. The highest BCUT2D eigenvalue weighted by Crippen LogP contribution is 2.25. The lowest BCUT2D eigenvalue weighted by molar-refractivity contribution is -0.115. The molecule has 0 heterocycles. The van der Waals surface area contributed by atoms with E-state index in [0.29, 0.717) is 48.9 Å². The first kappa shape index (κ1) is 20.5. The lowest BCUT2D eigenvalue weighted by Gasteiger charge is -2.15. The number of amides is 2. The van der Waals surface area contributed by atoms with Crippen LogP contribution in [0.4, 0.5) is 11.4 Å². The molecule has 0 radical (unpaired) electrons. The Morgan fingerprint density at radius 1 is 0.926 bits per heavy atom. The van der Waals surface area contributed by atoms with E-state index in [4.69, 9.17) is 9.47 Å². The molecule has 2 amide bonds. The van der Waals surface area contributed by atoms with Crippen molar-refractivity contribution in [1.82, 2.24) is 0 Å². The van der Waals surface area contributed by atoms with Crippen LogP contribution in [0.3, 0.4) is 0 Å². The molecule has 2 aromatic rings. The van der Waals surface area contributed by atoms with Gasteiger partial charge in [0.05, 0.1) is 12.2 Å². The summed E-state index contributed by atoms with van der Waals surface area (Å²) in [5, 5.41) is 5.73. The Morgan fingerprint density at radius 3 is 2.33 bits per heavy atom. The number of benzene rings is 2. The zero-order valence-electron chi connectivity index (χ0n) is 16.0. The highest BCUT2D eigenvalue weighted by molar-refractivity contribution is 6.07. The Balaban J connectivity index is 2.13. The molecule has 0 spiro atoms. The molecule has 6 heteroatoms. The minimum absolute atomic E-state index is 0.0744. The molecule has 2 aromatic carbocycles. The van der Waals surface area contributed by atoms with E-state index in [0.717, 1.165) is 5.56 Å². The van der Waals surface area contributed by atoms with Crippen LogP contribution in [0, 0.1) is 6.92 Å². The van der Waals surface area contributed by atoms with Gasteiger partial charge in [-0.05, 0) is 43.7 Å². The summed E-state index contributed by atoms with van der Waals surface area (Å²) in [6, 6.07) is 12.5. The van der Waals surface area contributed by atoms with Gasteiger partial charge >= 0.3 is 0 Å². The van der Waals surface area contributed by atoms with E-state index < -0.39 is 0 Å². The van der Waals surface area contributed by atoms with Gasteiger partial charge in [-0.1, -0.05) is 25.1 Å². The average molecular weight is 370 g/mol. The molecule has 2 N–H and O–H groups in total. The molecule has 27 heavy (non-hydrogen) atoms. The van der Waals surface area contributed by atoms with Gasteiger partial charge in [0.2, 0.25) is 5.91 Å². The smallest absolute Gasteiger partial charge is 0.259 e. The maximum Gasteiger partial charge on any atom is 0.259 e. The van der Waals surface area contributed by atoms with Gasteiger partial charge in [-0.3, -0.25) is 9.59 Å². The van der Waals surface area contributed by atoms with Gasteiger partial charge in [0, 0.05) is 24.4 Å². The molecular weight excluding hydrogens is 344 g/mol. The number of hydrogen-bond donors (Lipinski definition) is 2. The van der Waals surface area contributed by atoms with Crippen LogP contribution in [-0.4, -0.2) is 31.6 Å². The second-order valence-electron chi connectivity index (χ2n) is 5.88. The second-order valence-corrected chi connectivity index (χ2v) is 5.88. The van der Waals surface area contributed by atoms with Crippen LogP contribution >= 0.6 is 0 Å². The Hall–Kier alpha value is -2.86. The van der Waals surface area contributed by atoms with E-state index in [-0.39, 0.29) is 11.8 Å². The second kappa shape index (κ2) is 10.3. The fourth-order valence-electron chi connectivity index (χ4n) is 2.47. The molecule has 0 aliphatic rings. The van der Waals surface area contributed by atoms with Crippen molar-refractivity contribution in [2.45, 2.75) is 27.2 Å². The maximum absolute atomic E-state index is 12.8. The number of para-hydroxylation sites is 1. The van der Waals surface area contributed by atoms with Crippen molar-refractivity contribution in [1.29, 1.82) is 0 Å². The number of nitrogens with one attached hydrogen (secondary N) is 2. The molecule has 0 fully saturated rings. The first-order chi connectivity index (χ1) is 13.1. The van der Waals surface area contributed by atoms with Gasteiger partial charge < -0.3 is 20.1 Å². The van der Waals surface area contributed by atoms with Crippen LogP contribution in [0.5, 0.6) is 5.75 Å². The van der Waals surface area contributed by atoms with Crippen molar-refractivity contribution in [2.24, 2.45) is 0 Å². The molecule has 0 aliphatic carbocycles. The molecule has 0 bridgehead atoms. The van der Waals surface area contributed by atoms with Gasteiger partial charge in [0.15, 0.2) is 0 Å². The standard InChI is InChI=1S/C21H26N2O4/c1-4-20(24)22-17-10-8-11-18(15(17)3)23-21(25)16-9-6-7-12-19(16)27-14-13-26-5-2/h6-12H,4-5,13-14H2,1-3H3,(H,22,24)(H,23,25). The molecule has 144 valence electrons. The molecule has 6 nitrogen and oxygen atoms in total. The molecule has 0 aliphatic heterocycles. The maximum atomic E-state index is 12.8. The van der Waals surface area contributed by atoms with E-state index in [1.165, 1.54) is 0 Å². The van der Waals surface area contributed by atoms with Gasteiger partial charge in [-0.2, -0.15) is 0 Å². The zero-order valence-corrected chi connectivity index (χ0v) is 16.0. The number of carbonyl (C=O) groups is 2. The van der Waals surface area contributed by atoms with E-state index in [9.17, 15) is 9.59 Å². The van der Waals surface area contributed by atoms with Gasteiger partial charge in [0.25, 0.3) is 5.91 Å². The van der Waals surface area contributed by atoms with Crippen molar-refractivity contribution >= 4 is 23.2 Å². The summed E-state index contributed by atoms with van der Waals surface area (Å²) in [5.41, 5.74) is 2.55. The van der Waals surface area contributed by atoms with E-state index in [1.807, 2.05) is 26.0 Å². The number of anilines is 2. The summed E-state index contributed by atoms with van der Waals surface area (Å²) in [5.74, 6) is 0.154. The largest absolute Gasteiger partial charge is 0.490 e. The Morgan fingerprint density at radius 2 is 1.63 bits per heavy atom. The van der Waals surface area contributed by atoms with Crippen molar-refractivity contribution in [3.8, 4) is 5.75 Å². The lowest BCUT2D eigenvalue weighted by Crippen LogP contribution is -2.16. The number of carbonyl (C=O) groups excluding carboxylic acids is 2. The summed E-state index contributed by atoms with van der Waals surface area (Å²) < 4.78 is 10.9. The third-order valence-corrected chi connectivity index (χ3v) is 4.00. The first-order valence-electron chi connectivity index (χ1n) is 9.07. The van der Waals surface area contributed by atoms with Gasteiger partial charge in [-0.25, -0.2) is 0 Å². The molecule has 0 saturated carbocycles. The van der Waals surface area contributed by atoms with Crippen molar-refractivity contribution < 1.29 is 19.1 Å². The predicted octanol–water partition coefficient (Wildman–Crippen LogP) is 4.01. The normalized spacial score (nSPS) is 10.3. The summed E-state index contributed by atoms with van der Waals surface area (Å²) in [4.78, 5) is 24.4. The molecular formula is C21H26N2O4. The zero-order chi connectivity index (χ0) is 19.6. The van der Waals surface area contributed by atoms with E-state index >= 15 is 0 Å². The third-order valence-electron chi connectivity index (χ3n) is 4.00. The van der Waals surface area contributed by atoms with Crippen LogP contribution < -0.4 is 15.4 Å². The average Bonchev–Trinajstić information content (AvgIpc) is 2.68. The fraction of sp³-hybridized carbons (Fsp3) is 0.333. The highest BCUT2D eigenvalue weighted by atomic mass is 16.5. The predicted molar refractivity (Wildman–Crippen MR) is 106 cm³/mol. The summed E-state index contributed by atoms with van der Waals surface area (Å²) in [6.45, 7) is 7.01. The number of rotatable bonds is 9. The molecule has 2 rings (SSSR count). The summed E-state index contributed by atoms with van der Waals surface area (Å²) >= 11 is 0. The van der Waals surface area contributed by atoms with E-state index in [2.05, 4.69) is 10.6 Å². The van der Waals surface area contributed by atoms with Crippen molar-refractivity contribution in [3.63, 3.8) is 0 Å². The van der Waals surface area contributed by atoms with Crippen molar-refractivity contribution in [2.75, 3.05) is 30.5 Å².